The van der Waals surface area contributed by atoms with Crippen molar-refractivity contribution in [2.24, 2.45) is 5.92 Å². The molecule has 168 valence electrons. The van der Waals surface area contributed by atoms with Gasteiger partial charge in [-0.25, -0.2) is 0 Å². The van der Waals surface area contributed by atoms with E-state index in [-0.39, 0.29) is 24.4 Å². The number of morpholine rings is 1. The fourth-order valence-corrected chi connectivity index (χ4v) is 3.86. The Bertz CT molecular complexity index is 687. The molecule has 1 aromatic rings. The molecule has 1 aromatic carbocycles. The van der Waals surface area contributed by atoms with Crippen LogP contribution in [0.15, 0.2) is 18.2 Å². The SMILES string of the molecule is CCC(CC)C(CNC(=O)CNC(=O)c1ccc(OC)c(OC)c1)N1CCOCC1. The Morgan fingerprint density at radius 1 is 1.07 bits per heavy atom. The van der Waals surface area contributed by atoms with Gasteiger partial charge in [-0.2, -0.15) is 0 Å². The van der Waals surface area contributed by atoms with Gasteiger partial charge in [0.1, 0.15) is 0 Å². The zero-order chi connectivity index (χ0) is 21.9. The van der Waals surface area contributed by atoms with Crippen molar-refractivity contribution < 1.29 is 23.8 Å². The third-order valence-electron chi connectivity index (χ3n) is 5.67. The number of methoxy groups -OCH3 is 2. The quantitative estimate of drug-likeness (QED) is 0.565. The highest BCUT2D eigenvalue weighted by molar-refractivity contribution is 5.97. The Morgan fingerprint density at radius 3 is 2.33 bits per heavy atom. The van der Waals surface area contributed by atoms with Crippen molar-refractivity contribution >= 4 is 11.8 Å². The summed E-state index contributed by atoms with van der Waals surface area (Å²) in [7, 11) is 3.05. The van der Waals surface area contributed by atoms with Crippen molar-refractivity contribution in [3.8, 4) is 11.5 Å². The topological polar surface area (TPSA) is 89.1 Å². The smallest absolute Gasteiger partial charge is 0.251 e. The second kappa shape index (κ2) is 12.4. The molecule has 8 nitrogen and oxygen atoms in total. The molecule has 0 spiro atoms. The lowest BCUT2D eigenvalue weighted by atomic mass is 9.92. The fraction of sp³-hybridized carbons (Fsp3) is 0.636. The van der Waals surface area contributed by atoms with E-state index in [9.17, 15) is 9.59 Å². The summed E-state index contributed by atoms with van der Waals surface area (Å²) in [5, 5.41) is 5.66. The summed E-state index contributed by atoms with van der Waals surface area (Å²) in [4.78, 5) is 27.2. The molecule has 0 radical (unpaired) electrons. The van der Waals surface area contributed by atoms with Gasteiger partial charge in [-0.15, -0.1) is 0 Å². The van der Waals surface area contributed by atoms with Gasteiger partial charge < -0.3 is 24.8 Å². The monoisotopic (exact) mass is 421 g/mol. The maximum atomic E-state index is 12.4. The molecule has 1 fully saturated rings. The Balaban J connectivity index is 1.88. The van der Waals surface area contributed by atoms with E-state index in [1.165, 1.54) is 14.2 Å². The van der Waals surface area contributed by atoms with Crippen molar-refractivity contribution in [3.63, 3.8) is 0 Å². The van der Waals surface area contributed by atoms with Gasteiger partial charge in [0.25, 0.3) is 5.91 Å². The molecule has 1 unspecified atom stereocenters. The van der Waals surface area contributed by atoms with Crippen molar-refractivity contribution in [2.75, 3.05) is 53.6 Å². The van der Waals surface area contributed by atoms with E-state index in [1.54, 1.807) is 18.2 Å². The van der Waals surface area contributed by atoms with Crippen molar-refractivity contribution in [2.45, 2.75) is 32.7 Å². The molecule has 8 heteroatoms. The number of hydrogen-bond acceptors (Lipinski definition) is 6. The molecule has 2 rings (SSSR count). The Labute approximate surface area is 179 Å². The molecule has 1 aliphatic rings. The van der Waals surface area contributed by atoms with E-state index < -0.39 is 0 Å². The van der Waals surface area contributed by atoms with Crippen LogP contribution < -0.4 is 20.1 Å². The standard InChI is InChI=1S/C22H35N3O5/c1-5-16(6-2)18(25-9-11-30-12-10-25)14-23-21(26)15-24-22(27)17-7-8-19(28-3)20(13-17)29-4/h7-8,13,16,18H,5-6,9-12,14-15H2,1-4H3,(H,23,26)(H,24,27). The minimum absolute atomic E-state index is 0.0775. The number of rotatable bonds is 11. The first-order valence-electron chi connectivity index (χ1n) is 10.6. The van der Waals surface area contributed by atoms with Gasteiger partial charge in [-0.3, -0.25) is 14.5 Å². The normalized spacial score (nSPS) is 15.5. The zero-order valence-corrected chi connectivity index (χ0v) is 18.5. The lowest BCUT2D eigenvalue weighted by molar-refractivity contribution is -0.120. The van der Waals surface area contributed by atoms with Crippen LogP contribution >= 0.6 is 0 Å². The molecule has 30 heavy (non-hydrogen) atoms. The highest BCUT2D eigenvalue weighted by atomic mass is 16.5. The average Bonchev–Trinajstić information content (AvgIpc) is 2.80. The summed E-state index contributed by atoms with van der Waals surface area (Å²) < 4.78 is 15.9. The first kappa shape index (κ1) is 24.0. The van der Waals surface area contributed by atoms with E-state index >= 15 is 0 Å². The van der Waals surface area contributed by atoms with Gasteiger partial charge in [0.05, 0.1) is 34.0 Å². The van der Waals surface area contributed by atoms with Crippen LogP contribution in [0.3, 0.4) is 0 Å². The van der Waals surface area contributed by atoms with E-state index in [0.717, 1.165) is 39.1 Å². The van der Waals surface area contributed by atoms with Crippen LogP contribution in [0.5, 0.6) is 11.5 Å². The summed E-state index contributed by atoms with van der Waals surface area (Å²) >= 11 is 0. The summed E-state index contributed by atoms with van der Waals surface area (Å²) in [5.74, 6) is 0.976. The van der Waals surface area contributed by atoms with Gasteiger partial charge in [0, 0.05) is 31.2 Å². The highest BCUT2D eigenvalue weighted by Gasteiger charge is 2.27. The van der Waals surface area contributed by atoms with Crippen molar-refractivity contribution in [1.82, 2.24) is 15.5 Å². The Kier molecular flexibility index (Phi) is 9.89. The average molecular weight is 422 g/mol. The summed E-state index contributed by atoms with van der Waals surface area (Å²) in [6, 6.07) is 5.16. The van der Waals surface area contributed by atoms with Crippen LogP contribution in [0.2, 0.25) is 0 Å². The van der Waals surface area contributed by atoms with E-state index in [0.29, 0.717) is 29.5 Å². The fourth-order valence-electron chi connectivity index (χ4n) is 3.86. The number of carbonyl (C=O) groups excluding carboxylic acids is 2. The Hall–Kier alpha value is -2.32. The highest BCUT2D eigenvalue weighted by Crippen LogP contribution is 2.27. The maximum Gasteiger partial charge on any atom is 0.251 e. The molecule has 1 aliphatic heterocycles. The van der Waals surface area contributed by atoms with Crippen molar-refractivity contribution in [1.29, 1.82) is 0 Å². The van der Waals surface area contributed by atoms with Gasteiger partial charge in [-0.1, -0.05) is 26.7 Å². The largest absolute Gasteiger partial charge is 0.493 e. The van der Waals surface area contributed by atoms with Crippen LogP contribution in [0.4, 0.5) is 0 Å². The lowest BCUT2D eigenvalue weighted by Crippen LogP contribution is -2.52. The number of ether oxygens (including phenoxy) is 3. The minimum atomic E-state index is -0.337. The first-order valence-corrected chi connectivity index (χ1v) is 10.6. The summed E-state index contributed by atoms with van der Waals surface area (Å²) in [6.45, 7) is 8.08. The molecule has 1 heterocycles. The Morgan fingerprint density at radius 2 is 1.73 bits per heavy atom. The van der Waals surface area contributed by atoms with Crippen molar-refractivity contribution in [3.05, 3.63) is 23.8 Å². The molecule has 2 amide bonds. The predicted octanol–water partition coefficient (Wildman–Crippen LogP) is 1.69. The molecule has 1 atom stereocenters. The van der Waals surface area contributed by atoms with Crippen LogP contribution in [0, 0.1) is 5.92 Å². The number of nitrogens with one attached hydrogen (secondary N) is 2. The molecule has 0 saturated carbocycles. The minimum Gasteiger partial charge on any atom is -0.493 e. The van der Waals surface area contributed by atoms with Crippen LogP contribution in [0.25, 0.3) is 0 Å². The van der Waals surface area contributed by atoms with Gasteiger partial charge >= 0.3 is 0 Å². The van der Waals surface area contributed by atoms with E-state index in [1.807, 2.05) is 0 Å². The first-order chi connectivity index (χ1) is 14.5. The van der Waals surface area contributed by atoms with E-state index in [2.05, 4.69) is 29.4 Å². The number of carbonyl (C=O) groups is 2. The van der Waals surface area contributed by atoms with Crippen LogP contribution in [-0.2, 0) is 9.53 Å². The zero-order valence-electron chi connectivity index (χ0n) is 18.5. The number of nitrogens with zero attached hydrogens (tertiary/aromatic N) is 1. The molecule has 0 aliphatic carbocycles. The maximum absolute atomic E-state index is 12.4. The lowest BCUT2D eigenvalue weighted by Gasteiger charge is -2.38. The second-order valence-corrected chi connectivity index (χ2v) is 7.35. The van der Waals surface area contributed by atoms with E-state index in [4.69, 9.17) is 14.2 Å². The second-order valence-electron chi connectivity index (χ2n) is 7.35. The van der Waals surface area contributed by atoms with Crippen LogP contribution in [-0.4, -0.2) is 76.4 Å². The van der Waals surface area contributed by atoms with Crippen LogP contribution in [0.1, 0.15) is 37.0 Å². The van der Waals surface area contributed by atoms with Gasteiger partial charge in [0.2, 0.25) is 5.91 Å². The van der Waals surface area contributed by atoms with Gasteiger partial charge in [-0.05, 0) is 24.1 Å². The third-order valence-corrected chi connectivity index (χ3v) is 5.67. The third kappa shape index (κ3) is 6.60. The summed E-state index contributed by atoms with van der Waals surface area (Å²) in [5.41, 5.74) is 0.406. The molecular formula is C22H35N3O5. The van der Waals surface area contributed by atoms with Gasteiger partial charge in [0.15, 0.2) is 11.5 Å². The number of amides is 2. The predicted molar refractivity (Wildman–Crippen MR) is 115 cm³/mol. The number of benzene rings is 1. The molecular weight excluding hydrogens is 386 g/mol. The molecule has 1 saturated heterocycles. The number of hydrogen-bond donors (Lipinski definition) is 2. The molecule has 0 bridgehead atoms. The summed E-state index contributed by atoms with van der Waals surface area (Å²) in [6.07, 6.45) is 2.12. The molecule has 2 N–H and O–H groups in total. The molecule has 0 aromatic heterocycles.